The van der Waals surface area contributed by atoms with Gasteiger partial charge in [0.15, 0.2) is 0 Å². The van der Waals surface area contributed by atoms with E-state index in [1.165, 1.54) is 0 Å². The van der Waals surface area contributed by atoms with Crippen LogP contribution in [-0.4, -0.2) is 54.9 Å². The summed E-state index contributed by atoms with van der Waals surface area (Å²) >= 11 is 0. The highest BCUT2D eigenvalue weighted by Gasteiger charge is 2.32. The van der Waals surface area contributed by atoms with Crippen LogP contribution in [-0.2, 0) is 14.6 Å². The Morgan fingerprint density at radius 3 is 2.74 bits per heavy atom. The number of carbonyl (C=O) groups excluding carboxylic acids is 1. The van der Waals surface area contributed by atoms with Gasteiger partial charge in [0.2, 0.25) is 0 Å². The van der Waals surface area contributed by atoms with Crippen molar-refractivity contribution in [1.82, 2.24) is 20.4 Å². The van der Waals surface area contributed by atoms with Crippen LogP contribution in [0.5, 0.6) is 0 Å². The Kier molecular flexibility index (Phi) is 6.41. The standard InChI is InChI=1S/C18H30N4O4S/c1-13(2)22-12-15(11-20-22)17-16(4-8-26-17)21-18(23)19-7-3-14-5-9-27(24,25)10-6-14/h11-14,16-17H,3-10H2,1-2H3,(H2,19,21,23)/t16-,17+/m1/s1. The van der Waals surface area contributed by atoms with Crippen molar-refractivity contribution in [3.05, 3.63) is 18.0 Å². The second-order valence-corrected chi connectivity index (χ2v) is 10.1. The summed E-state index contributed by atoms with van der Waals surface area (Å²) in [5, 5.41) is 10.3. The third-order valence-electron chi connectivity index (χ3n) is 5.40. The predicted molar refractivity (Wildman–Crippen MR) is 102 cm³/mol. The molecule has 2 aliphatic heterocycles. The van der Waals surface area contributed by atoms with Crippen LogP contribution in [0.25, 0.3) is 0 Å². The highest BCUT2D eigenvalue weighted by atomic mass is 32.2. The number of carbonyl (C=O) groups is 1. The van der Waals surface area contributed by atoms with Crippen LogP contribution in [0.1, 0.15) is 57.2 Å². The first-order valence-electron chi connectivity index (χ1n) is 9.74. The van der Waals surface area contributed by atoms with E-state index in [9.17, 15) is 13.2 Å². The lowest BCUT2D eigenvalue weighted by atomic mass is 9.99. The average Bonchev–Trinajstić information content (AvgIpc) is 3.25. The summed E-state index contributed by atoms with van der Waals surface area (Å²) in [5.41, 5.74) is 0.981. The van der Waals surface area contributed by atoms with Crippen molar-refractivity contribution in [2.75, 3.05) is 24.7 Å². The number of aromatic nitrogens is 2. The van der Waals surface area contributed by atoms with E-state index in [1.807, 2.05) is 10.9 Å². The number of nitrogens with zero attached hydrogens (tertiary/aromatic N) is 2. The Bertz CT molecular complexity index is 732. The molecule has 1 aromatic rings. The van der Waals surface area contributed by atoms with Gasteiger partial charge in [-0.25, -0.2) is 13.2 Å². The molecule has 152 valence electrons. The monoisotopic (exact) mass is 398 g/mol. The number of amides is 2. The van der Waals surface area contributed by atoms with Crippen molar-refractivity contribution in [2.45, 2.75) is 57.7 Å². The van der Waals surface area contributed by atoms with E-state index in [0.29, 0.717) is 31.9 Å². The summed E-state index contributed by atoms with van der Waals surface area (Å²) < 4.78 is 30.6. The predicted octanol–water partition coefficient (Wildman–Crippen LogP) is 1.81. The number of sulfone groups is 1. The fourth-order valence-electron chi connectivity index (χ4n) is 3.68. The van der Waals surface area contributed by atoms with Crippen LogP contribution in [0.15, 0.2) is 12.4 Å². The quantitative estimate of drug-likeness (QED) is 0.761. The molecular formula is C18H30N4O4S. The molecule has 27 heavy (non-hydrogen) atoms. The highest BCUT2D eigenvalue weighted by molar-refractivity contribution is 7.91. The minimum atomic E-state index is -2.83. The van der Waals surface area contributed by atoms with Gasteiger partial charge in [0.1, 0.15) is 15.9 Å². The molecule has 0 spiro atoms. The highest BCUT2D eigenvalue weighted by Crippen LogP contribution is 2.29. The fraction of sp³-hybridized carbons (Fsp3) is 0.778. The minimum Gasteiger partial charge on any atom is -0.371 e. The molecule has 0 bridgehead atoms. The molecule has 3 rings (SSSR count). The molecule has 2 atom stereocenters. The van der Waals surface area contributed by atoms with Crippen LogP contribution in [0.3, 0.4) is 0 Å². The van der Waals surface area contributed by atoms with Gasteiger partial charge in [0.25, 0.3) is 0 Å². The van der Waals surface area contributed by atoms with Crippen molar-refractivity contribution in [3.63, 3.8) is 0 Å². The van der Waals surface area contributed by atoms with Crippen molar-refractivity contribution in [3.8, 4) is 0 Å². The first-order valence-corrected chi connectivity index (χ1v) is 11.6. The fourth-order valence-corrected chi connectivity index (χ4v) is 5.27. The normalized spacial score (nSPS) is 25.6. The molecule has 0 aromatic carbocycles. The number of hydrogen-bond acceptors (Lipinski definition) is 5. The molecule has 8 nitrogen and oxygen atoms in total. The molecule has 9 heteroatoms. The average molecular weight is 399 g/mol. The van der Waals surface area contributed by atoms with Gasteiger partial charge < -0.3 is 15.4 Å². The SMILES string of the molecule is CC(C)n1cc([C@@H]2OCC[C@H]2NC(=O)NCCC2CCS(=O)(=O)CC2)cn1. The smallest absolute Gasteiger partial charge is 0.315 e. The van der Waals surface area contributed by atoms with E-state index in [1.54, 1.807) is 6.20 Å². The van der Waals surface area contributed by atoms with Crippen LogP contribution >= 0.6 is 0 Å². The van der Waals surface area contributed by atoms with Crippen LogP contribution in [0, 0.1) is 5.92 Å². The van der Waals surface area contributed by atoms with Gasteiger partial charge in [-0.05, 0) is 45.4 Å². The Balaban J connectivity index is 1.43. The van der Waals surface area contributed by atoms with Gasteiger partial charge in [-0.15, -0.1) is 0 Å². The molecule has 3 heterocycles. The van der Waals surface area contributed by atoms with E-state index >= 15 is 0 Å². The lowest BCUT2D eigenvalue weighted by molar-refractivity contribution is 0.0998. The van der Waals surface area contributed by atoms with Crippen LogP contribution in [0.2, 0.25) is 0 Å². The summed E-state index contributed by atoms with van der Waals surface area (Å²) in [6, 6.07) is 0.00875. The van der Waals surface area contributed by atoms with Gasteiger partial charge in [0, 0.05) is 31.0 Å². The topological polar surface area (TPSA) is 102 Å². The minimum absolute atomic E-state index is 0.0744. The third-order valence-corrected chi connectivity index (χ3v) is 7.12. The maximum Gasteiger partial charge on any atom is 0.315 e. The molecule has 1 aromatic heterocycles. The maximum atomic E-state index is 12.2. The second-order valence-electron chi connectivity index (χ2n) is 7.82. The van der Waals surface area contributed by atoms with Gasteiger partial charge in [-0.2, -0.15) is 5.10 Å². The molecule has 2 saturated heterocycles. The van der Waals surface area contributed by atoms with E-state index in [2.05, 4.69) is 29.6 Å². The van der Waals surface area contributed by atoms with E-state index in [0.717, 1.165) is 18.4 Å². The number of rotatable bonds is 6. The van der Waals surface area contributed by atoms with Gasteiger partial charge in [0.05, 0.1) is 23.7 Å². The molecule has 2 fully saturated rings. The Morgan fingerprint density at radius 1 is 1.33 bits per heavy atom. The van der Waals surface area contributed by atoms with Crippen molar-refractivity contribution in [2.24, 2.45) is 5.92 Å². The van der Waals surface area contributed by atoms with Crippen molar-refractivity contribution >= 4 is 15.9 Å². The summed E-state index contributed by atoms with van der Waals surface area (Å²) in [4.78, 5) is 12.2. The van der Waals surface area contributed by atoms with E-state index < -0.39 is 9.84 Å². The van der Waals surface area contributed by atoms with Crippen LogP contribution < -0.4 is 10.6 Å². The summed E-state index contributed by atoms with van der Waals surface area (Å²) in [6.45, 7) is 5.30. The molecule has 0 unspecified atom stereocenters. The molecule has 0 aliphatic carbocycles. The summed E-state index contributed by atoms with van der Waals surface area (Å²) in [6.07, 6.45) is 6.59. The molecule has 0 radical (unpaired) electrons. The number of hydrogen-bond donors (Lipinski definition) is 2. The number of nitrogens with one attached hydrogen (secondary N) is 2. The molecule has 0 saturated carbocycles. The number of ether oxygens (including phenoxy) is 1. The zero-order chi connectivity index (χ0) is 19.4. The Labute approximate surface area is 161 Å². The van der Waals surface area contributed by atoms with Crippen molar-refractivity contribution < 1.29 is 17.9 Å². The molecule has 2 aliphatic rings. The largest absolute Gasteiger partial charge is 0.371 e. The van der Waals surface area contributed by atoms with Crippen molar-refractivity contribution in [1.29, 1.82) is 0 Å². The molecule has 2 N–H and O–H groups in total. The lowest BCUT2D eigenvalue weighted by Gasteiger charge is -2.22. The summed E-state index contributed by atoms with van der Waals surface area (Å²) in [5.74, 6) is 0.919. The number of urea groups is 1. The third kappa shape index (κ3) is 5.44. The van der Waals surface area contributed by atoms with E-state index in [-0.39, 0.29) is 35.7 Å². The first kappa shape index (κ1) is 20.1. The first-order chi connectivity index (χ1) is 12.8. The second kappa shape index (κ2) is 8.60. The zero-order valence-electron chi connectivity index (χ0n) is 16.1. The Hall–Kier alpha value is -1.61. The molecular weight excluding hydrogens is 368 g/mol. The Morgan fingerprint density at radius 2 is 2.07 bits per heavy atom. The molecule has 2 amide bonds. The van der Waals surface area contributed by atoms with E-state index in [4.69, 9.17) is 4.74 Å². The van der Waals surface area contributed by atoms with Gasteiger partial charge >= 0.3 is 6.03 Å². The van der Waals surface area contributed by atoms with Crippen LogP contribution in [0.4, 0.5) is 4.79 Å². The van der Waals surface area contributed by atoms with Gasteiger partial charge in [-0.1, -0.05) is 0 Å². The maximum absolute atomic E-state index is 12.2. The zero-order valence-corrected chi connectivity index (χ0v) is 16.9. The van der Waals surface area contributed by atoms with Gasteiger partial charge in [-0.3, -0.25) is 4.68 Å². The lowest BCUT2D eigenvalue weighted by Crippen LogP contribution is -2.44. The summed E-state index contributed by atoms with van der Waals surface area (Å²) in [7, 11) is -2.83.